The number of hydrogen-bond acceptors (Lipinski definition) is 4. The van der Waals surface area contributed by atoms with Gasteiger partial charge in [0.1, 0.15) is 0 Å². The van der Waals surface area contributed by atoms with E-state index in [0.29, 0.717) is 5.92 Å². The Bertz CT molecular complexity index is 347. The van der Waals surface area contributed by atoms with Crippen molar-refractivity contribution in [3.05, 3.63) is 10.6 Å². The number of aromatic nitrogens is 1. The molecule has 3 nitrogen and oxygen atoms in total. The monoisotopic (exact) mass is 269 g/mol. The number of nitrogens with one attached hydrogen (secondary N) is 1. The molecule has 104 valence electrons. The first-order chi connectivity index (χ1) is 8.60. The molecule has 1 heterocycles. The van der Waals surface area contributed by atoms with Crippen molar-refractivity contribution in [1.82, 2.24) is 10.3 Å². The Hall–Kier alpha value is -0.610. The van der Waals surface area contributed by atoms with Crippen molar-refractivity contribution in [2.24, 2.45) is 0 Å². The molecule has 0 fully saturated rings. The second kappa shape index (κ2) is 7.74. The van der Waals surface area contributed by atoms with Crippen LogP contribution in [0, 0.1) is 0 Å². The van der Waals surface area contributed by atoms with Crippen LogP contribution < -0.4 is 10.2 Å². The summed E-state index contributed by atoms with van der Waals surface area (Å²) in [5.41, 5.74) is 1.27. The summed E-state index contributed by atoms with van der Waals surface area (Å²) in [5.74, 6) is 0.503. The Balaban J connectivity index is 2.79. The Morgan fingerprint density at radius 2 is 2.00 bits per heavy atom. The van der Waals surface area contributed by atoms with Gasteiger partial charge in [-0.15, -0.1) is 11.3 Å². The lowest BCUT2D eigenvalue weighted by Crippen LogP contribution is -2.17. The molecular formula is C14H27N3S. The van der Waals surface area contributed by atoms with E-state index in [2.05, 4.69) is 45.0 Å². The predicted octanol–water partition coefficient (Wildman–Crippen LogP) is 3.61. The third kappa shape index (κ3) is 4.25. The first kappa shape index (κ1) is 15.4. The van der Waals surface area contributed by atoms with Gasteiger partial charge < -0.3 is 10.2 Å². The fourth-order valence-electron chi connectivity index (χ4n) is 1.90. The van der Waals surface area contributed by atoms with E-state index in [1.165, 1.54) is 17.0 Å². The Morgan fingerprint density at radius 3 is 2.56 bits per heavy atom. The van der Waals surface area contributed by atoms with Gasteiger partial charge in [0, 0.05) is 25.0 Å². The van der Waals surface area contributed by atoms with Crippen LogP contribution in [0.1, 0.15) is 57.0 Å². The minimum atomic E-state index is 0.503. The molecule has 0 radical (unpaired) electrons. The van der Waals surface area contributed by atoms with Crippen LogP contribution in [0.5, 0.6) is 0 Å². The molecule has 0 saturated heterocycles. The molecule has 1 N–H and O–H groups in total. The van der Waals surface area contributed by atoms with E-state index >= 15 is 0 Å². The van der Waals surface area contributed by atoms with Crippen molar-refractivity contribution in [1.29, 1.82) is 0 Å². The third-order valence-electron chi connectivity index (χ3n) is 2.86. The van der Waals surface area contributed by atoms with Crippen LogP contribution in [0.15, 0.2) is 0 Å². The molecule has 4 heteroatoms. The highest BCUT2D eigenvalue weighted by Gasteiger charge is 2.15. The molecule has 1 aromatic rings. The van der Waals surface area contributed by atoms with Gasteiger partial charge in [-0.25, -0.2) is 4.98 Å². The van der Waals surface area contributed by atoms with Crippen molar-refractivity contribution in [2.45, 2.75) is 53.0 Å². The summed E-state index contributed by atoms with van der Waals surface area (Å²) < 4.78 is 0. The quantitative estimate of drug-likeness (QED) is 0.731. The topological polar surface area (TPSA) is 28.2 Å². The van der Waals surface area contributed by atoms with Crippen molar-refractivity contribution in [3.63, 3.8) is 0 Å². The molecule has 0 saturated carbocycles. The van der Waals surface area contributed by atoms with Crippen molar-refractivity contribution < 1.29 is 0 Å². The van der Waals surface area contributed by atoms with Crippen LogP contribution in [0.3, 0.4) is 0 Å². The number of rotatable bonds is 8. The summed E-state index contributed by atoms with van der Waals surface area (Å²) in [6.45, 7) is 12.0. The van der Waals surface area contributed by atoms with Crippen molar-refractivity contribution in [2.75, 3.05) is 25.0 Å². The van der Waals surface area contributed by atoms with Gasteiger partial charge in [0.2, 0.25) is 0 Å². The zero-order chi connectivity index (χ0) is 13.5. The fourth-order valence-corrected chi connectivity index (χ4v) is 3.07. The Kier molecular flexibility index (Phi) is 6.65. The average molecular weight is 269 g/mol. The smallest absolute Gasteiger partial charge is 0.185 e. The van der Waals surface area contributed by atoms with Gasteiger partial charge in [-0.05, 0) is 25.3 Å². The molecule has 0 amide bonds. The summed E-state index contributed by atoms with van der Waals surface area (Å²) in [4.78, 5) is 8.47. The molecule has 0 aliphatic heterocycles. The maximum Gasteiger partial charge on any atom is 0.185 e. The minimum Gasteiger partial charge on any atom is -0.351 e. The summed E-state index contributed by atoms with van der Waals surface area (Å²) in [6, 6.07) is 0. The molecule has 18 heavy (non-hydrogen) atoms. The van der Waals surface area contributed by atoms with Crippen molar-refractivity contribution in [3.8, 4) is 0 Å². The first-order valence-corrected chi connectivity index (χ1v) is 7.83. The first-order valence-electron chi connectivity index (χ1n) is 7.01. The van der Waals surface area contributed by atoms with Crippen LogP contribution >= 0.6 is 11.3 Å². The van der Waals surface area contributed by atoms with E-state index in [0.717, 1.165) is 31.2 Å². The summed E-state index contributed by atoms with van der Waals surface area (Å²) in [5, 5.41) is 4.64. The zero-order valence-corrected chi connectivity index (χ0v) is 13.2. The molecular weight excluding hydrogens is 242 g/mol. The second-order valence-corrected chi connectivity index (χ2v) is 6.12. The maximum absolute atomic E-state index is 4.81. The fraction of sp³-hybridized carbons (Fsp3) is 0.786. The molecule has 0 bridgehead atoms. The largest absolute Gasteiger partial charge is 0.351 e. The molecule has 0 aliphatic rings. The van der Waals surface area contributed by atoms with Crippen LogP contribution in [0.25, 0.3) is 0 Å². The lowest BCUT2D eigenvalue weighted by molar-refractivity contribution is 0.670. The highest BCUT2D eigenvalue weighted by molar-refractivity contribution is 7.15. The highest BCUT2D eigenvalue weighted by Crippen LogP contribution is 2.30. The van der Waals surface area contributed by atoms with Gasteiger partial charge >= 0.3 is 0 Å². The summed E-state index contributed by atoms with van der Waals surface area (Å²) >= 11 is 1.84. The van der Waals surface area contributed by atoms with Gasteiger partial charge in [0.25, 0.3) is 0 Å². The lowest BCUT2D eigenvalue weighted by atomic mass is 10.1. The van der Waals surface area contributed by atoms with Gasteiger partial charge in [-0.1, -0.05) is 27.7 Å². The van der Waals surface area contributed by atoms with Crippen LogP contribution in [-0.4, -0.2) is 25.1 Å². The number of nitrogens with zero attached hydrogens (tertiary/aromatic N) is 2. The van der Waals surface area contributed by atoms with Gasteiger partial charge in [-0.2, -0.15) is 0 Å². The van der Waals surface area contributed by atoms with Gasteiger partial charge in [0.05, 0.1) is 5.69 Å². The van der Waals surface area contributed by atoms with Crippen molar-refractivity contribution >= 4 is 16.5 Å². The average Bonchev–Trinajstić information content (AvgIpc) is 2.74. The molecule has 1 rings (SSSR count). The summed E-state index contributed by atoms with van der Waals surface area (Å²) in [6.07, 6.45) is 2.34. The minimum absolute atomic E-state index is 0.503. The van der Waals surface area contributed by atoms with Gasteiger partial charge in [0.15, 0.2) is 5.13 Å². The SMILES string of the molecule is CCCNCc1sc(N(C)CCC)nc1C(C)C. The van der Waals surface area contributed by atoms with E-state index in [9.17, 15) is 0 Å². The Labute approximate surface area is 116 Å². The van der Waals surface area contributed by atoms with E-state index < -0.39 is 0 Å². The molecule has 0 aliphatic carbocycles. The van der Waals surface area contributed by atoms with E-state index in [-0.39, 0.29) is 0 Å². The van der Waals surface area contributed by atoms with E-state index in [1.54, 1.807) is 0 Å². The number of hydrogen-bond donors (Lipinski definition) is 1. The van der Waals surface area contributed by atoms with Crippen LogP contribution in [0.2, 0.25) is 0 Å². The van der Waals surface area contributed by atoms with E-state index in [1.807, 2.05) is 11.3 Å². The molecule has 0 atom stereocenters. The third-order valence-corrected chi connectivity index (χ3v) is 4.05. The van der Waals surface area contributed by atoms with Crippen LogP contribution in [0.4, 0.5) is 5.13 Å². The normalized spacial score (nSPS) is 11.2. The molecule has 1 aromatic heterocycles. The van der Waals surface area contributed by atoms with Crippen LogP contribution in [-0.2, 0) is 6.54 Å². The highest BCUT2D eigenvalue weighted by atomic mass is 32.1. The molecule has 0 unspecified atom stereocenters. The zero-order valence-electron chi connectivity index (χ0n) is 12.4. The second-order valence-electron chi connectivity index (χ2n) is 5.06. The maximum atomic E-state index is 4.81. The molecule has 0 aromatic carbocycles. The van der Waals surface area contributed by atoms with E-state index in [4.69, 9.17) is 4.98 Å². The Morgan fingerprint density at radius 1 is 1.28 bits per heavy atom. The lowest BCUT2D eigenvalue weighted by Gasteiger charge is -2.13. The predicted molar refractivity (Wildman–Crippen MR) is 81.8 cm³/mol. The summed E-state index contributed by atoms with van der Waals surface area (Å²) in [7, 11) is 2.13. The van der Waals surface area contributed by atoms with Gasteiger partial charge in [-0.3, -0.25) is 0 Å². The standard InChI is InChI=1S/C14H27N3S/c1-6-8-15-10-12-13(11(3)4)16-14(18-12)17(5)9-7-2/h11,15H,6-10H2,1-5H3. The number of thiazole rings is 1. The number of anilines is 1. The molecule has 0 spiro atoms.